The maximum Gasteiger partial charge on any atom is 0.344 e. The summed E-state index contributed by atoms with van der Waals surface area (Å²) < 4.78 is 5.85. The molecular formula is C20H33ClO3. The smallest absolute Gasteiger partial charge is 0.344 e. The lowest BCUT2D eigenvalue weighted by Crippen LogP contribution is -2.28. The number of hydrogen-bond acceptors (Lipinski definition) is 2. The lowest BCUT2D eigenvalue weighted by atomic mass is 9.76. The number of aliphatic carboxylic acids is 1. The second kappa shape index (κ2) is 8.75. The van der Waals surface area contributed by atoms with Gasteiger partial charge in [0.15, 0.2) is 6.10 Å². The molecule has 0 spiro atoms. The number of ether oxygens (including phenoxy) is 1. The van der Waals surface area contributed by atoms with Crippen molar-refractivity contribution >= 4 is 18.4 Å². The zero-order chi connectivity index (χ0) is 17.8. The van der Waals surface area contributed by atoms with Crippen LogP contribution in [0.15, 0.2) is 18.2 Å². The summed E-state index contributed by atoms with van der Waals surface area (Å²) >= 11 is 0. The lowest BCUT2D eigenvalue weighted by molar-refractivity contribution is -0.145. The topological polar surface area (TPSA) is 46.5 Å². The van der Waals surface area contributed by atoms with Gasteiger partial charge in [-0.1, -0.05) is 60.6 Å². The highest BCUT2D eigenvalue weighted by molar-refractivity contribution is 5.85. The first-order valence-corrected chi connectivity index (χ1v) is 8.63. The van der Waals surface area contributed by atoms with E-state index in [1.54, 1.807) is 0 Å². The third-order valence-corrected chi connectivity index (χ3v) is 5.17. The summed E-state index contributed by atoms with van der Waals surface area (Å²) in [4.78, 5) is 11.3. The van der Waals surface area contributed by atoms with Crippen molar-refractivity contribution in [3.63, 3.8) is 0 Å². The molecule has 0 radical (unpaired) electrons. The minimum atomic E-state index is -0.911. The molecule has 1 rings (SSSR count). The second-order valence-electron chi connectivity index (χ2n) is 7.54. The van der Waals surface area contributed by atoms with Crippen molar-refractivity contribution in [1.29, 1.82) is 0 Å². The van der Waals surface area contributed by atoms with Gasteiger partial charge in [-0.05, 0) is 41.7 Å². The van der Waals surface area contributed by atoms with Gasteiger partial charge in [0, 0.05) is 5.56 Å². The molecule has 0 heterocycles. The van der Waals surface area contributed by atoms with Gasteiger partial charge in [-0.15, -0.1) is 12.4 Å². The summed E-state index contributed by atoms with van der Waals surface area (Å²) in [6.45, 7) is 15.0. The first-order valence-electron chi connectivity index (χ1n) is 8.63. The van der Waals surface area contributed by atoms with E-state index >= 15 is 0 Å². The van der Waals surface area contributed by atoms with Gasteiger partial charge >= 0.3 is 5.97 Å². The van der Waals surface area contributed by atoms with E-state index in [1.807, 2.05) is 13.0 Å². The molecule has 0 saturated heterocycles. The molecule has 0 saturated carbocycles. The number of carboxylic acids is 1. The molecule has 0 aliphatic rings. The molecule has 1 atom stereocenters. The second-order valence-corrected chi connectivity index (χ2v) is 7.54. The Hall–Kier alpha value is -1.22. The average molecular weight is 357 g/mol. The van der Waals surface area contributed by atoms with Crippen LogP contribution in [0.5, 0.6) is 5.75 Å². The Morgan fingerprint density at radius 3 is 2.04 bits per heavy atom. The fourth-order valence-electron chi connectivity index (χ4n) is 2.44. The van der Waals surface area contributed by atoms with Crippen molar-refractivity contribution in [3.05, 3.63) is 29.3 Å². The first-order chi connectivity index (χ1) is 10.6. The fourth-order valence-corrected chi connectivity index (χ4v) is 2.44. The highest BCUT2D eigenvalue weighted by atomic mass is 35.5. The van der Waals surface area contributed by atoms with E-state index in [0.29, 0.717) is 12.2 Å². The van der Waals surface area contributed by atoms with Crippen molar-refractivity contribution in [1.82, 2.24) is 0 Å². The highest BCUT2D eigenvalue weighted by Gasteiger charge is 2.28. The molecule has 1 N–H and O–H groups in total. The van der Waals surface area contributed by atoms with Crippen LogP contribution in [0.25, 0.3) is 0 Å². The molecule has 3 nitrogen and oxygen atoms in total. The Morgan fingerprint density at radius 1 is 1.08 bits per heavy atom. The monoisotopic (exact) mass is 356 g/mol. The maximum atomic E-state index is 11.3. The minimum absolute atomic E-state index is 0. The molecule has 138 valence electrons. The molecule has 0 aliphatic heterocycles. The van der Waals surface area contributed by atoms with Crippen LogP contribution in [0.4, 0.5) is 0 Å². The fraction of sp³-hybridized carbons (Fsp3) is 0.650. The zero-order valence-corrected chi connectivity index (χ0v) is 16.9. The molecule has 1 unspecified atom stereocenters. The van der Waals surface area contributed by atoms with Gasteiger partial charge in [0.2, 0.25) is 0 Å². The Bertz CT molecular complexity index is 550. The lowest BCUT2D eigenvalue weighted by Gasteiger charge is -2.31. The van der Waals surface area contributed by atoms with Crippen LogP contribution >= 0.6 is 12.4 Å². The van der Waals surface area contributed by atoms with Gasteiger partial charge in [0.1, 0.15) is 5.75 Å². The Labute approximate surface area is 153 Å². The molecule has 1 aromatic carbocycles. The summed E-state index contributed by atoms with van der Waals surface area (Å²) in [5.74, 6) is -0.215. The van der Waals surface area contributed by atoms with Gasteiger partial charge in [-0.25, -0.2) is 4.79 Å². The molecule has 0 amide bonds. The highest BCUT2D eigenvalue weighted by Crippen LogP contribution is 2.38. The van der Waals surface area contributed by atoms with Crippen LogP contribution < -0.4 is 4.74 Å². The summed E-state index contributed by atoms with van der Waals surface area (Å²) in [6, 6.07) is 6.23. The number of halogens is 1. The van der Waals surface area contributed by atoms with Crippen LogP contribution in [0.1, 0.15) is 78.9 Å². The third-order valence-electron chi connectivity index (χ3n) is 5.17. The number of benzene rings is 1. The minimum Gasteiger partial charge on any atom is -0.479 e. The molecule has 4 heteroatoms. The molecular weight excluding hydrogens is 324 g/mol. The van der Waals surface area contributed by atoms with E-state index in [9.17, 15) is 9.90 Å². The molecule has 0 aliphatic carbocycles. The molecule has 0 bridgehead atoms. The average Bonchev–Trinajstić information content (AvgIpc) is 2.51. The van der Waals surface area contributed by atoms with Crippen molar-refractivity contribution < 1.29 is 14.6 Å². The Balaban J connectivity index is 0.00000529. The van der Waals surface area contributed by atoms with Gasteiger partial charge in [0.05, 0.1) is 0 Å². The summed E-state index contributed by atoms with van der Waals surface area (Å²) in [5, 5.41) is 9.28. The van der Waals surface area contributed by atoms with Crippen LogP contribution in [0.2, 0.25) is 0 Å². The Morgan fingerprint density at radius 2 is 1.62 bits per heavy atom. The van der Waals surface area contributed by atoms with Crippen molar-refractivity contribution in [2.45, 2.75) is 84.7 Å². The number of rotatable bonds is 8. The number of carboxylic acid groups (broad SMARTS) is 1. The van der Waals surface area contributed by atoms with Gasteiger partial charge in [-0.2, -0.15) is 0 Å². The van der Waals surface area contributed by atoms with E-state index in [1.165, 1.54) is 5.56 Å². The van der Waals surface area contributed by atoms with Gasteiger partial charge < -0.3 is 9.84 Å². The van der Waals surface area contributed by atoms with E-state index in [2.05, 4.69) is 53.7 Å². The van der Waals surface area contributed by atoms with Crippen LogP contribution in [-0.4, -0.2) is 17.2 Å². The normalized spacial score (nSPS) is 13.1. The van der Waals surface area contributed by atoms with Crippen molar-refractivity contribution in [2.24, 2.45) is 0 Å². The number of carbonyl (C=O) groups is 1. The summed E-state index contributed by atoms with van der Waals surface area (Å²) in [6.07, 6.45) is 1.66. The predicted octanol–water partition coefficient (Wildman–Crippen LogP) is 5.73. The largest absolute Gasteiger partial charge is 0.479 e. The van der Waals surface area contributed by atoms with E-state index < -0.39 is 12.1 Å². The van der Waals surface area contributed by atoms with Crippen LogP contribution in [-0.2, 0) is 15.6 Å². The SMILES string of the molecule is CCC(Oc1ccc(C(C)(C)CC)cc1C(C)(C)CC)C(=O)O.Cl. The van der Waals surface area contributed by atoms with Crippen LogP contribution in [0.3, 0.4) is 0 Å². The van der Waals surface area contributed by atoms with Crippen molar-refractivity contribution in [3.8, 4) is 5.75 Å². The van der Waals surface area contributed by atoms with E-state index in [4.69, 9.17) is 4.74 Å². The molecule has 0 aromatic heterocycles. The zero-order valence-electron chi connectivity index (χ0n) is 16.1. The van der Waals surface area contributed by atoms with E-state index in [0.717, 1.165) is 18.4 Å². The standard InChI is InChI=1S/C20H32O3.ClH/c1-8-16(18(21)22)23-17-12-11-14(19(4,5)9-2)13-15(17)20(6,7)10-3;/h11-13,16H,8-10H2,1-7H3,(H,21,22);1H. The first kappa shape index (κ1) is 22.8. The molecule has 0 fully saturated rings. The summed E-state index contributed by atoms with van der Waals surface area (Å²) in [5.41, 5.74) is 2.39. The summed E-state index contributed by atoms with van der Waals surface area (Å²) in [7, 11) is 0. The number of hydrogen-bond donors (Lipinski definition) is 1. The molecule has 1 aromatic rings. The molecule has 24 heavy (non-hydrogen) atoms. The Kier molecular flexibility index (Phi) is 8.31. The third kappa shape index (κ3) is 5.14. The van der Waals surface area contributed by atoms with Crippen LogP contribution in [0, 0.1) is 0 Å². The maximum absolute atomic E-state index is 11.3. The quantitative estimate of drug-likeness (QED) is 0.647. The van der Waals surface area contributed by atoms with E-state index in [-0.39, 0.29) is 23.2 Å². The van der Waals surface area contributed by atoms with Gasteiger partial charge in [-0.3, -0.25) is 0 Å². The predicted molar refractivity (Wildman–Crippen MR) is 103 cm³/mol. The van der Waals surface area contributed by atoms with Crippen molar-refractivity contribution in [2.75, 3.05) is 0 Å². The van der Waals surface area contributed by atoms with Gasteiger partial charge in [0.25, 0.3) is 0 Å².